The molecule has 0 bridgehead atoms. The van der Waals surface area contributed by atoms with Crippen LogP contribution < -0.4 is 4.90 Å². The molecule has 1 aromatic carbocycles. The van der Waals surface area contributed by atoms with Crippen LogP contribution in [0.1, 0.15) is 0 Å². The van der Waals surface area contributed by atoms with Crippen molar-refractivity contribution in [2.45, 2.75) is 0 Å². The summed E-state index contributed by atoms with van der Waals surface area (Å²) in [5.74, 6) is 0. The van der Waals surface area contributed by atoms with Crippen LogP contribution in [0.3, 0.4) is 0 Å². The molecule has 33 heavy (non-hydrogen) atoms. The first kappa shape index (κ1) is 19.6. The number of anilines is 1. The number of nitrogens with one attached hydrogen (secondary N) is 2. The number of pyridine rings is 2. The monoisotopic (exact) mass is 454 g/mol. The van der Waals surface area contributed by atoms with E-state index in [2.05, 4.69) is 43.3 Å². The molecule has 162 valence electrons. The number of hydrogen-bond acceptors (Lipinski definition) is 5. The van der Waals surface area contributed by atoms with Gasteiger partial charge in [0.2, 0.25) is 0 Å². The van der Waals surface area contributed by atoms with Crippen molar-refractivity contribution in [2.75, 3.05) is 19.0 Å². The maximum atomic E-state index is 13.6. The SMILES string of the molecule is CN(C)c1cncc(-c2ccc3[nH]nc(-c4cc5c(-c6ccc(F)s6)nccc5[nH]4)c3c2)c1. The first-order chi connectivity index (χ1) is 16.1. The Morgan fingerprint density at radius 1 is 0.879 bits per heavy atom. The van der Waals surface area contributed by atoms with Gasteiger partial charge in [0.15, 0.2) is 5.13 Å². The Morgan fingerprint density at radius 3 is 2.58 bits per heavy atom. The van der Waals surface area contributed by atoms with Gasteiger partial charge in [-0.2, -0.15) is 9.49 Å². The van der Waals surface area contributed by atoms with E-state index in [0.29, 0.717) is 0 Å². The molecular formula is C25H19FN6S. The van der Waals surface area contributed by atoms with Gasteiger partial charge >= 0.3 is 0 Å². The minimum Gasteiger partial charge on any atom is -0.376 e. The molecule has 0 atom stereocenters. The van der Waals surface area contributed by atoms with Crippen molar-refractivity contribution in [3.63, 3.8) is 0 Å². The molecule has 0 aliphatic heterocycles. The Bertz CT molecular complexity index is 1630. The van der Waals surface area contributed by atoms with Crippen LogP contribution in [0.4, 0.5) is 10.1 Å². The molecule has 0 aliphatic carbocycles. The normalized spacial score (nSPS) is 11.5. The molecule has 5 heterocycles. The van der Waals surface area contributed by atoms with Gasteiger partial charge in [-0.3, -0.25) is 15.1 Å². The highest BCUT2D eigenvalue weighted by atomic mass is 32.1. The van der Waals surface area contributed by atoms with Crippen LogP contribution in [0.25, 0.3) is 54.9 Å². The molecule has 0 spiro atoms. The first-order valence-corrected chi connectivity index (χ1v) is 11.2. The predicted octanol–water partition coefficient (Wildman–Crippen LogP) is 6.10. The minimum absolute atomic E-state index is 0.224. The van der Waals surface area contributed by atoms with Crippen molar-refractivity contribution in [1.29, 1.82) is 0 Å². The number of benzene rings is 1. The molecule has 0 radical (unpaired) electrons. The van der Waals surface area contributed by atoms with E-state index in [1.54, 1.807) is 12.3 Å². The van der Waals surface area contributed by atoms with Crippen LogP contribution in [0.15, 0.2) is 67.1 Å². The maximum absolute atomic E-state index is 13.6. The fraction of sp³-hybridized carbons (Fsp3) is 0.0800. The summed E-state index contributed by atoms with van der Waals surface area (Å²) in [5.41, 5.74) is 7.48. The second kappa shape index (κ2) is 7.53. The molecule has 5 aromatic heterocycles. The summed E-state index contributed by atoms with van der Waals surface area (Å²) in [4.78, 5) is 15.2. The highest BCUT2D eigenvalue weighted by Gasteiger charge is 2.16. The number of nitrogens with zero attached hydrogens (tertiary/aromatic N) is 4. The molecule has 0 saturated heterocycles. The molecule has 0 saturated carbocycles. The lowest BCUT2D eigenvalue weighted by atomic mass is 10.0. The third-order valence-corrected chi connectivity index (χ3v) is 6.63. The second-order valence-electron chi connectivity index (χ2n) is 8.07. The number of hydrogen-bond donors (Lipinski definition) is 2. The number of aromatic nitrogens is 5. The lowest BCUT2D eigenvalue weighted by Gasteiger charge is -2.13. The fourth-order valence-electron chi connectivity index (χ4n) is 4.05. The predicted molar refractivity (Wildman–Crippen MR) is 132 cm³/mol. The Balaban J connectivity index is 1.48. The molecule has 0 unspecified atom stereocenters. The Kier molecular flexibility index (Phi) is 4.48. The van der Waals surface area contributed by atoms with E-state index in [9.17, 15) is 4.39 Å². The summed E-state index contributed by atoms with van der Waals surface area (Å²) < 4.78 is 13.6. The minimum atomic E-state index is -0.224. The van der Waals surface area contributed by atoms with Crippen molar-refractivity contribution >= 4 is 38.8 Å². The molecule has 0 fully saturated rings. The van der Waals surface area contributed by atoms with Crippen molar-refractivity contribution in [2.24, 2.45) is 0 Å². The van der Waals surface area contributed by atoms with Crippen LogP contribution in [0.2, 0.25) is 0 Å². The van der Waals surface area contributed by atoms with Crippen LogP contribution in [-0.4, -0.2) is 39.2 Å². The lowest BCUT2D eigenvalue weighted by Crippen LogP contribution is -2.08. The Hall–Kier alpha value is -4.04. The van der Waals surface area contributed by atoms with Crippen molar-refractivity contribution in [1.82, 2.24) is 25.1 Å². The van der Waals surface area contributed by atoms with Crippen molar-refractivity contribution in [3.8, 4) is 33.1 Å². The highest BCUT2D eigenvalue weighted by molar-refractivity contribution is 7.13. The number of thiophene rings is 1. The Morgan fingerprint density at radius 2 is 1.76 bits per heavy atom. The van der Waals surface area contributed by atoms with E-state index in [0.717, 1.165) is 71.9 Å². The quantitative estimate of drug-likeness (QED) is 0.337. The first-order valence-electron chi connectivity index (χ1n) is 10.4. The van der Waals surface area contributed by atoms with E-state index in [4.69, 9.17) is 0 Å². The number of fused-ring (bicyclic) bond motifs is 2. The summed E-state index contributed by atoms with van der Waals surface area (Å²) in [7, 11) is 4.00. The molecule has 6 nitrogen and oxygen atoms in total. The molecule has 0 amide bonds. The summed E-state index contributed by atoms with van der Waals surface area (Å²) in [5, 5.41) is 9.44. The molecule has 0 aliphatic rings. The molecule has 8 heteroatoms. The summed E-state index contributed by atoms with van der Waals surface area (Å²) in [6.45, 7) is 0. The van der Waals surface area contributed by atoms with Crippen LogP contribution in [0.5, 0.6) is 0 Å². The second-order valence-corrected chi connectivity index (χ2v) is 9.10. The molecule has 2 N–H and O–H groups in total. The smallest absolute Gasteiger partial charge is 0.177 e. The lowest BCUT2D eigenvalue weighted by molar-refractivity contribution is 0.657. The van der Waals surface area contributed by atoms with E-state index < -0.39 is 0 Å². The zero-order chi connectivity index (χ0) is 22.5. The zero-order valence-electron chi connectivity index (χ0n) is 17.9. The van der Waals surface area contributed by atoms with Crippen molar-refractivity contribution in [3.05, 3.63) is 72.3 Å². The molecular weight excluding hydrogens is 435 g/mol. The number of H-pyrrole nitrogens is 2. The van der Waals surface area contributed by atoms with E-state index in [-0.39, 0.29) is 5.13 Å². The summed E-state index contributed by atoms with van der Waals surface area (Å²) >= 11 is 1.09. The topological polar surface area (TPSA) is 73.5 Å². The van der Waals surface area contributed by atoms with Gasteiger partial charge in [0.05, 0.1) is 33.7 Å². The van der Waals surface area contributed by atoms with Gasteiger partial charge < -0.3 is 9.88 Å². The van der Waals surface area contributed by atoms with Gasteiger partial charge in [-0.15, -0.1) is 11.3 Å². The largest absolute Gasteiger partial charge is 0.376 e. The van der Waals surface area contributed by atoms with Crippen LogP contribution >= 0.6 is 11.3 Å². The van der Waals surface area contributed by atoms with E-state index >= 15 is 0 Å². The maximum Gasteiger partial charge on any atom is 0.177 e. The third-order valence-electron chi connectivity index (χ3n) is 5.75. The van der Waals surface area contributed by atoms with Gasteiger partial charge in [-0.05, 0) is 48.0 Å². The van der Waals surface area contributed by atoms with Gasteiger partial charge in [0.25, 0.3) is 0 Å². The van der Waals surface area contributed by atoms with Gasteiger partial charge in [0.1, 0.15) is 5.69 Å². The Labute approximate surface area is 192 Å². The fourth-order valence-corrected chi connectivity index (χ4v) is 4.79. The van der Waals surface area contributed by atoms with Gasteiger partial charge in [0, 0.05) is 48.3 Å². The molecule has 6 rings (SSSR count). The van der Waals surface area contributed by atoms with Gasteiger partial charge in [-0.1, -0.05) is 6.07 Å². The third kappa shape index (κ3) is 3.35. The standard InChI is InChI=1S/C25H19FN6S/c1-32(2)16-9-15(12-27-13-16)14-3-4-20-17(10-14)24(31-30-20)21-11-18-19(29-21)7-8-28-25(18)22-5-6-23(26)33-22/h3-13,29H,1-2H3,(H,30,31). The number of rotatable bonds is 4. The average molecular weight is 455 g/mol. The average Bonchev–Trinajstić information content (AvgIpc) is 3.55. The van der Waals surface area contributed by atoms with Crippen LogP contribution in [-0.2, 0) is 0 Å². The summed E-state index contributed by atoms with van der Waals surface area (Å²) in [6, 6.07) is 15.5. The van der Waals surface area contributed by atoms with E-state index in [1.807, 2.05) is 49.6 Å². The summed E-state index contributed by atoms with van der Waals surface area (Å²) in [6.07, 6.45) is 5.46. The number of aromatic amines is 2. The van der Waals surface area contributed by atoms with Crippen LogP contribution in [0, 0.1) is 5.13 Å². The number of halogens is 1. The zero-order valence-corrected chi connectivity index (χ0v) is 18.7. The van der Waals surface area contributed by atoms with E-state index in [1.165, 1.54) is 6.07 Å². The van der Waals surface area contributed by atoms with Crippen molar-refractivity contribution < 1.29 is 4.39 Å². The molecule has 6 aromatic rings. The van der Waals surface area contributed by atoms with Gasteiger partial charge in [-0.25, -0.2) is 0 Å². The highest BCUT2D eigenvalue weighted by Crippen LogP contribution is 2.36.